The Balaban J connectivity index is 1.73. The number of hydrogen-bond donors (Lipinski definition) is 1. The van der Waals surface area contributed by atoms with E-state index >= 15 is 0 Å². The lowest BCUT2D eigenvalue weighted by Crippen LogP contribution is -2.27. The maximum absolute atomic E-state index is 13.0. The Morgan fingerprint density at radius 3 is 3.16 bits per heavy atom. The van der Waals surface area contributed by atoms with Gasteiger partial charge in [0.2, 0.25) is 11.8 Å². The predicted octanol–water partition coefficient (Wildman–Crippen LogP) is 1.27. The number of aromatic nitrogens is 1. The molecule has 3 rings (SSSR count). The predicted molar refractivity (Wildman–Crippen MR) is 66.5 cm³/mol. The normalized spacial score (nSPS) is 20.2. The molecule has 2 heterocycles. The summed E-state index contributed by atoms with van der Waals surface area (Å²) in [5, 5.41) is 0. The molecule has 1 unspecified atom stereocenters. The van der Waals surface area contributed by atoms with Crippen LogP contribution < -0.4 is 5.73 Å². The number of nitrogens with zero attached hydrogens (tertiary/aromatic N) is 2. The number of carbonyl (C=O) groups excluding carboxylic acids is 1. The van der Waals surface area contributed by atoms with E-state index < -0.39 is 0 Å². The number of hydrogen-bond acceptors (Lipinski definition) is 4. The highest BCUT2D eigenvalue weighted by Gasteiger charge is 2.27. The van der Waals surface area contributed by atoms with Crippen molar-refractivity contribution in [3.63, 3.8) is 0 Å². The molecule has 0 radical (unpaired) electrons. The lowest BCUT2D eigenvalue weighted by atomic mass is 10.1. The van der Waals surface area contributed by atoms with Crippen molar-refractivity contribution in [1.29, 1.82) is 0 Å². The molecule has 1 saturated heterocycles. The molecule has 1 amide bonds. The van der Waals surface area contributed by atoms with E-state index in [4.69, 9.17) is 10.2 Å². The van der Waals surface area contributed by atoms with Crippen LogP contribution in [0.15, 0.2) is 22.6 Å². The number of oxazole rings is 1. The molecular weight excluding hydrogens is 249 g/mol. The van der Waals surface area contributed by atoms with Gasteiger partial charge in [0.15, 0.2) is 5.58 Å². The second kappa shape index (κ2) is 4.62. The summed E-state index contributed by atoms with van der Waals surface area (Å²) in [4.78, 5) is 17.4. The fourth-order valence-corrected chi connectivity index (χ4v) is 2.42. The van der Waals surface area contributed by atoms with Gasteiger partial charge in [-0.25, -0.2) is 9.37 Å². The van der Waals surface area contributed by atoms with Crippen molar-refractivity contribution >= 4 is 17.0 Å². The van der Waals surface area contributed by atoms with Crippen molar-refractivity contribution < 1.29 is 13.6 Å². The van der Waals surface area contributed by atoms with Crippen LogP contribution in [0.4, 0.5) is 4.39 Å². The highest BCUT2D eigenvalue weighted by molar-refractivity contribution is 5.77. The Kier molecular flexibility index (Phi) is 2.94. The molecule has 0 spiro atoms. The highest BCUT2D eigenvalue weighted by Crippen LogP contribution is 2.21. The van der Waals surface area contributed by atoms with Gasteiger partial charge in [0.05, 0.1) is 12.5 Å². The van der Waals surface area contributed by atoms with Crippen molar-refractivity contribution in [3.05, 3.63) is 29.9 Å². The number of halogens is 1. The van der Waals surface area contributed by atoms with Gasteiger partial charge in [-0.1, -0.05) is 0 Å². The Morgan fingerprint density at radius 1 is 1.58 bits per heavy atom. The van der Waals surface area contributed by atoms with Crippen molar-refractivity contribution in [3.8, 4) is 0 Å². The third-order valence-electron chi connectivity index (χ3n) is 3.43. The van der Waals surface area contributed by atoms with Crippen LogP contribution in [-0.4, -0.2) is 28.9 Å². The van der Waals surface area contributed by atoms with Gasteiger partial charge in [0.25, 0.3) is 0 Å². The van der Waals surface area contributed by atoms with Crippen molar-refractivity contribution in [2.45, 2.75) is 13.0 Å². The number of primary amides is 1. The smallest absolute Gasteiger partial charge is 0.221 e. The highest BCUT2D eigenvalue weighted by atomic mass is 19.1. The third-order valence-corrected chi connectivity index (χ3v) is 3.43. The third kappa shape index (κ3) is 2.44. The van der Waals surface area contributed by atoms with Gasteiger partial charge in [-0.15, -0.1) is 0 Å². The van der Waals surface area contributed by atoms with Crippen LogP contribution >= 0.6 is 0 Å². The van der Waals surface area contributed by atoms with Crippen molar-refractivity contribution in [1.82, 2.24) is 9.88 Å². The zero-order valence-corrected chi connectivity index (χ0v) is 10.3. The zero-order chi connectivity index (χ0) is 13.4. The summed E-state index contributed by atoms with van der Waals surface area (Å²) < 4.78 is 18.6. The average molecular weight is 263 g/mol. The van der Waals surface area contributed by atoms with E-state index in [2.05, 4.69) is 9.88 Å². The topological polar surface area (TPSA) is 72.4 Å². The minimum atomic E-state index is -0.331. The summed E-state index contributed by atoms with van der Waals surface area (Å²) in [5.41, 5.74) is 6.37. The molecule has 2 N–H and O–H groups in total. The summed E-state index contributed by atoms with van der Waals surface area (Å²) in [6, 6.07) is 4.26. The Labute approximate surface area is 109 Å². The van der Waals surface area contributed by atoms with E-state index in [0.29, 0.717) is 30.1 Å². The fraction of sp³-hybridized carbons (Fsp3) is 0.385. The summed E-state index contributed by atoms with van der Waals surface area (Å²) in [6.07, 6.45) is 0.768. The van der Waals surface area contributed by atoms with E-state index in [1.807, 2.05) is 0 Å². The van der Waals surface area contributed by atoms with Crippen molar-refractivity contribution in [2.75, 3.05) is 13.1 Å². The van der Waals surface area contributed by atoms with Crippen LogP contribution in [-0.2, 0) is 11.3 Å². The number of likely N-dealkylation sites (tertiary alicyclic amines) is 1. The molecule has 0 saturated carbocycles. The average Bonchev–Trinajstić information content (AvgIpc) is 2.95. The molecule has 1 aliphatic heterocycles. The van der Waals surface area contributed by atoms with Crippen molar-refractivity contribution in [2.24, 2.45) is 11.7 Å². The second-order valence-electron chi connectivity index (χ2n) is 4.84. The van der Waals surface area contributed by atoms with Gasteiger partial charge >= 0.3 is 0 Å². The molecule has 2 aromatic rings. The standard InChI is InChI=1S/C13H14FN3O2/c14-9-1-2-11-10(5-9)16-12(19-11)7-17-4-3-8(6-17)13(15)18/h1-2,5,8H,3-4,6-7H2,(H2,15,18). The minimum absolute atomic E-state index is 0.0955. The summed E-state index contributed by atoms with van der Waals surface area (Å²) >= 11 is 0. The lowest BCUT2D eigenvalue weighted by Gasteiger charge is -2.12. The Hall–Kier alpha value is -1.95. The van der Waals surface area contributed by atoms with E-state index in [-0.39, 0.29) is 17.6 Å². The quantitative estimate of drug-likeness (QED) is 0.905. The van der Waals surface area contributed by atoms with Gasteiger partial charge in [-0.05, 0) is 25.1 Å². The van der Waals surface area contributed by atoms with Gasteiger partial charge in [0, 0.05) is 12.6 Å². The van der Waals surface area contributed by atoms with E-state index in [1.165, 1.54) is 12.1 Å². The second-order valence-corrected chi connectivity index (χ2v) is 4.84. The van der Waals surface area contributed by atoms with Crippen LogP contribution in [0.1, 0.15) is 12.3 Å². The molecule has 100 valence electrons. The molecule has 1 atom stereocenters. The number of carbonyl (C=O) groups is 1. The Morgan fingerprint density at radius 2 is 2.42 bits per heavy atom. The molecular formula is C13H14FN3O2. The molecule has 1 fully saturated rings. The Bertz CT molecular complexity index is 625. The van der Waals surface area contributed by atoms with Crippen LogP contribution in [0, 0.1) is 11.7 Å². The first kappa shape index (κ1) is 12.1. The SMILES string of the molecule is NC(=O)C1CCN(Cc2nc3cc(F)ccc3o2)C1. The molecule has 0 bridgehead atoms. The van der Waals surface area contributed by atoms with Gasteiger partial charge in [-0.3, -0.25) is 9.69 Å². The van der Waals surface area contributed by atoms with E-state index in [9.17, 15) is 9.18 Å². The van der Waals surface area contributed by atoms with E-state index in [0.717, 1.165) is 13.0 Å². The van der Waals surface area contributed by atoms with Crippen LogP contribution in [0.3, 0.4) is 0 Å². The first-order chi connectivity index (χ1) is 9.11. The number of amides is 1. The number of fused-ring (bicyclic) bond motifs is 1. The molecule has 1 aromatic heterocycles. The number of nitrogens with two attached hydrogens (primary N) is 1. The van der Waals surface area contributed by atoms with Gasteiger partial charge < -0.3 is 10.2 Å². The molecule has 5 nitrogen and oxygen atoms in total. The first-order valence-corrected chi connectivity index (χ1v) is 6.18. The monoisotopic (exact) mass is 263 g/mol. The molecule has 1 aliphatic rings. The summed E-state index contributed by atoms with van der Waals surface area (Å²) in [6.45, 7) is 1.93. The molecule has 1 aromatic carbocycles. The number of benzene rings is 1. The summed E-state index contributed by atoms with van der Waals surface area (Å²) in [5.74, 6) is -0.156. The molecule has 19 heavy (non-hydrogen) atoms. The van der Waals surface area contributed by atoms with Gasteiger partial charge in [0.1, 0.15) is 11.3 Å². The molecule has 0 aliphatic carbocycles. The first-order valence-electron chi connectivity index (χ1n) is 6.18. The maximum atomic E-state index is 13.0. The minimum Gasteiger partial charge on any atom is -0.439 e. The maximum Gasteiger partial charge on any atom is 0.221 e. The van der Waals surface area contributed by atoms with Gasteiger partial charge in [-0.2, -0.15) is 0 Å². The van der Waals surface area contributed by atoms with E-state index in [1.54, 1.807) is 6.07 Å². The largest absolute Gasteiger partial charge is 0.439 e. The van der Waals surface area contributed by atoms with Crippen LogP contribution in [0.2, 0.25) is 0 Å². The fourth-order valence-electron chi connectivity index (χ4n) is 2.42. The number of rotatable bonds is 3. The summed E-state index contributed by atoms with van der Waals surface area (Å²) in [7, 11) is 0. The molecule has 6 heteroatoms. The zero-order valence-electron chi connectivity index (χ0n) is 10.3. The lowest BCUT2D eigenvalue weighted by molar-refractivity contribution is -0.121. The van der Waals surface area contributed by atoms with Crippen LogP contribution in [0.5, 0.6) is 0 Å². The van der Waals surface area contributed by atoms with Crippen LogP contribution in [0.25, 0.3) is 11.1 Å².